The number of rotatable bonds is 2. The van der Waals surface area contributed by atoms with Gasteiger partial charge in [0, 0.05) is 10.3 Å². The Balaban J connectivity index is 2.40. The van der Waals surface area contributed by atoms with Gasteiger partial charge < -0.3 is 5.84 Å². The van der Waals surface area contributed by atoms with E-state index < -0.39 is 0 Å². The molecule has 0 fully saturated rings. The van der Waals surface area contributed by atoms with Gasteiger partial charge in [-0.3, -0.25) is 4.79 Å². The molecule has 0 saturated carbocycles. The molecule has 20 heavy (non-hydrogen) atoms. The molecule has 0 aliphatic rings. The molecule has 0 aliphatic heterocycles. The van der Waals surface area contributed by atoms with Crippen molar-refractivity contribution in [1.29, 1.82) is 0 Å². The molecule has 1 heterocycles. The summed E-state index contributed by atoms with van der Waals surface area (Å²) in [6.45, 7) is 7.73. The zero-order chi connectivity index (χ0) is 14.9. The maximum absolute atomic E-state index is 12.2. The molecule has 0 bridgehead atoms. The highest BCUT2D eigenvalue weighted by molar-refractivity contribution is 7.99. The van der Waals surface area contributed by atoms with Crippen molar-refractivity contribution in [3.63, 3.8) is 0 Å². The van der Waals surface area contributed by atoms with Gasteiger partial charge in [-0.15, -0.1) is 10.2 Å². The predicted octanol–water partition coefficient (Wildman–Crippen LogP) is 2.11. The van der Waals surface area contributed by atoms with Crippen molar-refractivity contribution >= 4 is 11.8 Å². The largest absolute Gasteiger partial charge is 0.334 e. The molecule has 6 heteroatoms. The molecule has 0 unspecified atom stereocenters. The van der Waals surface area contributed by atoms with Crippen molar-refractivity contribution in [1.82, 2.24) is 14.9 Å². The molecule has 0 spiro atoms. The number of aromatic nitrogens is 3. The Morgan fingerprint density at radius 3 is 2.55 bits per heavy atom. The van der Waals surface area contributed by atoms with E-state index in [2.05, 4.69) is 10.2 Å². The second-order valence-electron chi connectivity index (χ2n) is 5.67. The van der Waals surface area contributed by atoms with Gasteiger partial charge in [0.1, 0.15) is 5.69 Å². The predicted molar refractivity (Wildman–Crippen MR) is 80.4 cm³/mol. The van der Waals surface area contributed by atoms with E-state index in [0.717, 1.165) is 15.1 Å². The fraction of sp³-hybridized carbons (Fsp3) is 0.357. The van der Waals surface area contributed by atoms with E-state index >= 15 is 0 Å². The van der Waals surface area contributed by atoms with Crippen LogP contribution in [0.1, 0.15) is 32.0 Å². The summed E-state index contributed by atoms with van der Waals surface area (Å²) in [6.07, 6.45) is 0. The molecular formula is C14H18N4OS. The van der Waals surface area contributed by atoms with Crippen LogP contribution in [0.4, 0.5) is 0 Å². The van der Waals surface area contributed by atoms with Gasteiger partial charge in [0.2, 0.25) is 5.16 Å². The average molecular weight is 290 g/mol. The van der Waals surface area contributed by atoms with Gasteiger partial charge >= 0.3 is 0 Å². The standard InChI is InChI=1S/C14H18N4OS/c1-9-6-5-7-10(8-9)20-13-17-16-11(14(2,3)4)12(19)18(13)15/h5-8H,15H2,1-4H3. The summed E-state index contributed by atoms with van der Waals surface area (Å²) in [5, 5.41) is 8.51. The van der Waals surface area contributed by atoms with Crippen molar-refractivity contribution in [2.75, 3.05) is 5.84 Å². The highest BCUT2D eigenvalue weighted by atomic mass is 32.2. The van der Waals surface area contributed by atoms with Gasteiger partial charge in [-0.2, -0.15) is 4.68 Å². The van der Waals surface area contributed by atoms with Crippen molar-refractivity contribution < 1.29 is 0 Å². The fourth-order valence-electron chi connectivity index (χ4n) is 1.71. The summed E-state index contributed by atoms with van der Waals surface area (Å²) in [5.41, 5.74) is 0.828. The van der Waals surface area contributed by atoms with E-state index in [0.29, 0.717) is 10.9 Å². The van der Waals surface area contributed by atoms with Crippen LogP contribution in [0.25, 0.3) is 0 Å². The molecule has 0 aliphatic carbocycles. The molecule has 0 saturated heterocycles. The quantitative estimate of drug-likeness (QED) is 0.857. The zero-order valence-electron chi connectivity index (χ0n) is 12.0. The highest BCUT2D eigenvalue weighted by Crippen LogP contribution is 2.25. The Labute approximate surface area is 122 Å². The van der Waals surface area contributed by atoms with Crippen LogP contribution in [0.15, 0.2) is 39.1 Å². The maximum atomic E-state index is 12.2. The Bertz CT molecular complexity index is 688. The first kappa shape index (κ1) is 14.6. The topological polar surface area (TPSA) is 73.8 Å². The number of benzene rings is 1. The number of nitrogens with two attached hydrogens (primary N) is 1. The zero-order valence-corrected chi connectivity index (χ0v) is 12.9. The summed E-state index contributed by atoms with van der Waals surface area (Å²) in [4.78, 5) is 13.2. The Morgan fingerprint density at radius 1 is 1.25 bits per heavy atom. The maximum Gasteiger partial charge on any atom is 0.295 e. The summed E-state index contributed by atoms with van der Waals surface area (Å²) < 4.78 is 1.07. The second kappa shape index (κ2) is 5.28. The van der Waals surface area contributed by atoms with Gasteiger partial charge in [0.05, 0.1) is 0 Å². The van der Waals surface area contributed by atoms with Gasteiger partial charge in [-0.25, -0.2) is 0 Å². The minimum Gasteiger partial charge on any atom is -0.334 e. The van der Waals surface area contributed by atoms with Gasteiger partial charge in [-0.05, 0) is 30.8 Å². The fourth-order valence-corrected chi connectivity index (χ4v) is 2.57. The van der Waals surface area contributed by atoms with Crippen LogP contribution in [-0.2, 0) is 5.41 Å². The first-order valence-electron chi connectivity index (χ1n) is 6.29. The molecule has 5 nitrogen and oxygen atoms in total. The number of nitrogen functional groups attached to an aromatic ring is 1. The minimum atomic E-state index is -0.377. The molecular weight excluding hydrogens is 272 g/mol. The molecule has 2 N–H and O–H groups in total. The summed E-state index contributed by atoms with van der Waals surface area (Å²) >= 11 is 1.33. The van der Waals surface area contributed by atoms with Crippen LogP contribution in [0.2, 0.25) is 0 Å². The Morgan fingerprint density at radius 2 is 1.95 bits per heavy atom. The van der Waals surface area contributed by atoms with Crippen LogP contribution in [0.3, 0.4) is 0 Å². The highest BCUT2D eigenvalue weighted by Gasteiger charge is 2.22. The molecule has 0 radical (unpaired) electrons. The molecule has 2 rings (SSSR count). The smallest absolute Gasteiger partial charge is 0.295 e. The lowest BCUT2D eigenvalue weighted by molar-refractivity contribution is 0.520. The number of nitrogens with zero attached hydrogens (tertiary/aromatic N) is 3. The number of hydrogen-bond acceptors (Lipinski definition) is 5. The van der Waals surface area contributed by atoms with E-state index in [4.69, 9.17) is 5.84 Å². The van der Waals surface area contributed by atoms with Gasteiger partial charge in [-0.1, -0.05) is 38.5 Å². The average Bonchev–Trinajstić information content (AvgIpc) is 2.33. The normalized spacial score (nSPS) is 11.6. The van der Waals surface area contributed by atoms with Crippen molar-refractivity contribution in [2.24, 2.45) is 0 Å². The van der Waals surface area contributed by atoms with Crippen LogP contribution in [0.5, 0.6) is 0 Å². The lowest BCUT2D eigenvalue weighted by Crippen LogP contribution is -2.37. The minimum absolute atomic E-state index is 0.303. The number of aryl methyl sites for hydroxylation is 1. The van der Waals surface area contributed by atoms with E-state index in [9.17, 15) is 4.79 Å². The van der Waals surface area contributed by atoms with Crippen molar-refractivity contribution in [3.05, 3.63) is 45.9 Å². The van der Waals surface area contributed by atoms with E-state index in [1.54, 1.807) is 0 Å². The lowest BCUT2D eigenvalue weighted by atomic mass is 9.93. The van der Waals surface area contributed by atoms with Crippen molar-refractivity contribution in [3.8, 4) is 0 Å². The summed E-state index contributed by atoms with van der Waals surface area (Å²) in [7, 11) is 0. The van der Waals surface area contributed by atoms with Crippen LogP contribution < -0.4 is 11.4 Å². The van der Waals surface area contributed by atoms with E-state index in [1.807, 2.05) is 52.0 Å². The summed E-state index contributed by atoms with van der Waals surface area (Å²) in [5.74, 6) is 5.85. The molecule has 0 atom stereocenters. The van der Waals surface area contributed by atoms with E-state index in [-0.39, 0.29) is 11.0 Å². The second-order valence-corrected chi connectivity index (χ2v) is 6.72. The summed E-state index contributed by atoms with van der Waals surface area (Å²) in [6, 6.07) is 7.91. The first-order chi connectivity index (χ1) is 9.29. The van der Waals surface area contributed by atoms with Gasteiger partial charge in [0.15, 0.2) is 0 Å². The van der Waals surface area contributed by atoms with Crippen molar-refractivity contribution in [2.45, 2.75) is 43.2 Å². The van der Waals surface area contributed by atoms with E-state index in [1.165, 1.54) is 11.8 Å². The van der Waals surface area contributed by atoms with Crippen LogP contribution >= 0.6 is 11.8 Å². The number of hydrogen-bond donors (Lipinski definition) is 1. The van der Waals surface area contributed by atoms with Crippen LogP contribution in [0, 0.1) is 6.92 Å². The molecule has 2 aromatic rings. The Hall–Kier alpha value is -1.82. The third kappa shape index (κ3) is 3.01. The first-order valence-corrected chi connectivity index (χ1v) is 7.10. The van der Waals surface area contributed by atoms with Gasteiger partial charge in [0.25, 0.3) is 5.56 Å². The molecule has 106 valence electrons. The lowest BCUT2D eigenvalue weighted by Gasteiger charge is -2.17. The molecule has 1 aromatic carbocycles. The third-order valence-electron chi connectivity index (χ3n) is 2.77. The molecule has 0 amide bonds. The monoisotopic (exact) mass is 290 g/mol. The Kier molecular flexibility index (Phi) is 3.85. The SMILES string of the molecule is Cc1cccc(Sc2nnc(C(C)(C)C)c(=O)n2N)c1. The van der Waals surface area contributed by atoms with Crippen LogP contribution in [-0.4, -0.2) is 14.9 Å². The third-order valence-corrected chi connectivity index (χ3v) is 3.72. The molecule has 1 aromatic heterocycles.